The standard InChI is InChI=1S/C18H24F3N5O3/c1-17(2,11-29-16-8-7-15(24-22)25-26-16)23-9-12(27)10-28-14-6-4-3-5-13(14)18(19,20)21/h3-8,12,23,27H,9-11,22H2,1-2H3,(H,24,25). The van der Waals surface area contributed by atoms with Gasteiger partial charge in [0.2, 0.25) is 5.88 Å². The molecule has 0 aliphatic carbocycles. The lowest BCUT2D eigenvalue weighted by atomic mass is 10.1. The van der Waals surface area contributed by atoms with Gasteiger partial charge in [0.05, 0.1) is 5.56 Å². The van der Waals surface area contributed by atoms with Gasteiger partial charge in [-0.1, -0.05) is 12.1 Å². The van der Waals surface area contributed by atoms with Crippen LogP contribution in [-0.4, -0.2) is 46.7 Å². The van der Waals surface area contributed by atoms with Gasteiger partial charge in [0.15, 0.2) is 5.82 Å². The molecule has 0 saturated heterocycles. The van der Waals surface area contributed by atoms with Gasteiger partial charge in [-0.15, -0.1) is 10.2 Å². The summed E-state index contributed by atoms with van der Waals surface area (Å²) in [7, 11) is 0. The van der Waals surface area contributed by atoms with Gasteiger partial charge in [0, 0.05) is 18.2 Å². The highest BCUT2D eigenvalue weighted by Crippen LogP contribution is 2.35. The number of hydrazine groups is 1. The number of nitrogens with zero attached hydrogens (tertiary/aromatic N) is 2. The van der Waals surface area contributed by atoms with Crippen molar-refractivity contribution in [3.8, 4) is 11.6 Å². The van der Waals surface area contributed by atoms with Crippen LogP contribution in [0.25, 0.3) is 0 Å². The van der Waals surface area contributed by atoms with Gasteiger partial charge in [-0.3, -0.25) is 0 Å². The zero-order valence-corrected chi connectivity index (χ0v) is 16.0. The molecule has 0 radical (unpaired) electrons. The number of β-amino-alcohol motifs (C(OH)–C–C–N with tert-alkyl or cyclic N) is 1. The third-order valence-corrected chi connectivity index (χ3v) is 3.81. The molecule has 0 saturated carbocycles. The molecule has 1 atom stereocenters. The Balaban J connectivity index is 1.79. The fourth-order valence-corrected chi connectivity index (χ4v) is 2.25. The highest BCUT2D eigenvalue weighted by atomic mass is 19.4. The smallest absolute Gasteiger partial charge is 0.419 e. The van der Waals surface area contributed by atoms with Gasteiger partial charge in [-0.25, -0.2) is 5.84 Å². The number of nitrogens with one attached hydrogen (secondary N) is 2. The molecule has 160 valence electrons. The van der Waals surface area contributed by atoms with Crippen molar-refractivity contribution in [3.05, 3.63) is 42.0 Å². The molecule has 0 spiro atoms. The van der Waals surface area contributed by atoms with E-state index in [2.05, 4.69) is 20.9 Å². The van der Waals surface area contributed by atoms with E-state index in [1.54, 1.807) is 12.1 Å². The number of hydrogen-bond donors (Lipinski definition) is 4. The van der Waals surface area contributed by atoms with E-state index < -0.39 is 23.4 Å². The van der Waals surface area contributed by atoms with Crippen molar-refractivity contribution in [1.29, 1.82) is 0 Å². The minimum absolute atomic E-state index is 0.0895. The van der Waals surface area contributed by atoms with Crippen molar-refractivity contribution in [2.45, 2.75) is 31.7 Å². The summed E-state index contributed by atoms with van der Waals surface area (Å²) in [6.07, 6.45) is -5.55. The van der Waals surface area contributed by atoms with Gasteiger partial charge < -0.3 is 25.3 Å². The number of halogens is 3. The van der Waals surface area contributed by atoms with E-state index in [0.717, 1.165) is 6.07 Å². The summed E-state index contributed by atoms with van der Waals surface area (Å²) in [5.41, 5.74) is 0.909. The van der Waals surface area contributed by atoms with E-state index in [0.29, 0.717) is 11.7 Å². The lowest BCUT2D eigenvalue weighted by molar-refractivity contribution is -0.139. The van der Waals surface area contributed by atoms with Crippen LogP contribution in [0, 0.1) is 0 Å². The van der Waals surface area contributed by atoms with Gasteiger partial charge in [-0.05, 0) is 32.0 Å². The van der Waals surface area contributed by atoms with E-state index in [1.807, 2.05) is 13.8 Å². The number of rotatable bonds is 10. The quantitative estimate of drug-likeness (QED) is 0.344. The number of benzene rings is 1. The maximum Gasteiger partial charge on any atom is 0.419 e. The predicted molar refractivity (Wildman–Crippen MR) is 100 cm³/mol. The molecule has 2 rings (SSSR count). The number of aromatic nitrogens is 2. The molecule has 8 nitrogen and oxygen atoms in total. The Morgan fingerprint density at radius 1 is 1.10 bits per heavy atom. The molecule has 11 heteroatoms. The molecule has 1 aromatic heterocycles. The molecule has 1 unspecified atom stereocenters. The largest absolute Gasteiger partial charge is 0.490 e. The second kappa shape index (κ2) is 9.72. The lowest BCUT2D eigenvalue weighted by Crippen LogP contribution is -2.48. The predicted octanol–water partition coefficient (Wildman–Crippen LogP) is 1.97. The molecular formula is C18H24F3N5O3. The molecule has 1 aromatic carbocycles. The average Bonchev–Trinajstić information content (AvgIpc) is 2.69. The average molecular weight is 415 g/mol. The highest BCUT2D eigenvalue weighted by molar-refractivity contribution is 5.35. The number of aliphatic hydroxyl groups is 1. The number of nitrogen functional groups attached to an aromatic ring is 1. The molecule has 0 amide bonds. The van der Waals surface area contributed by atoms with Gasteiger partial charge in [0.1, 0.15) is 25.1 Å². The summed E-state index contributed by atoms with van der Waals surface area (Å²) in [5, 5.41) is 20.8. The van der Waals surface area contributed by atoms with E-state index in [9.17, 15) is 18.3 Å². The van der Waals surface area contributed by atoms with Crippen molar-refractivity contribution in [1.82, 2.24) is 15.5 Å². The third-order valence-electron chi connectivity index (χ3n) is 3.81. The van der Waals surface area contributed by atoms with Crippen molar-refractivity contribution >= 4 is 5.82 Å². The van der Waals surface area contributed by atoms with E-state index >= 15 is 0 Å². The minimum atomic E-state index is -4.53. The maximum atomic E-state index is 13.0. The Bertz CT molecular complexity index is 772. The monoisotopic (exact) mass is 415 g/mol. The highest BCUT2D eigenvalue weighted by Gasteiger charge is 2.34. The topological polar surface area (TPSA) is 115 Å². The third kappa shape index (κ3) is 7.37. The molecule has 29 heavy (non-hydrogen) atoms. The number of nitrogens with two attached hydrogens (primary N) is 1. The first kappa shape index (κ1) is 22.7. The van der Waals surface area contributed by atoms with Crippen molar-refractivity contribution in [2.75, 3.05) is 25.2 Å². The number of aliphatic hydroxyl groups excluding tert-OH is 1. The van der Waals surface area contributed by atoms with Gasteiger partial charge in [0.25, 0.3) is 0 Å². The van der Waals surface area contributed by atoms with Crippen LogP contribution in [0.15, 0.2) is 36.4 Å². The Morgan fingerprint density at radius 3 is 2.45 bits per heavy atom. The SMILES string of the molecule is CC(C)(COc1ccc(NN)nn1)NCC(O)COc1ccccc1C(F)(F)F. The fraction of sp³-hybridized carbons (Fsp3) is 0.444. The van der Waals surface area contributed by atoms with E-state index in [4.69, 9.17) is 15.3 Å². The van der Waals surface area contributed by atoms with Crippen LogP contribution < -0.4 is 26.1 Å². The molecule has 2 aromatic rings. The molecule has 0 fully saturated rings. The summed E-state index contributed by atoms with van der Waals surface area (Å²) in [4.78, 5) is 0. The van der Waals surface area contributed by atoms with Crippen LogP contribution in [0.4, 0.5) is 19.0 Å². The number of hydrogen-bond acceptors (Lipinski definition) is 8. The Labute approximate surface area is 166 Å². The maximum absolute atomic E-state index is 13.0. The van der Waals surface area contributed by atoms with Crippen LogP contribution in [0.2, 0.25) is 0 Å². The first-order chi connectivity index (χ1) is 13.6. The Hall–Kier alpha value is -2.63. The second-order valence-corrected chi connectivity index (χ2v) is 6.91. The summed E-state index contributed by atoms with van der Waals surface area (Å²) >= 11 is 0. The van der Waals surface area contributed by atoms with Crippen LogP contribution in [0.5, 0.6) is 11.6 Å². The minimum Gasteiger partial charge on any atom is -0.490 e. The zero-order chi connectivity index (χ0) is 21.5. The van der Waals surface area contributed by atoms with Crippen LogP contribution in [0.1, 0.15) is 19.4 Å². The molecule has 0 bridgehead atoms. The van der Waals surface area contributed by atoms with Crippen LogP contribution in [0.3, 0.4) is 0 Å². The lowest BCUT2D eigenvalue weighted by Gasteiger charge is -2.27. The normalized spacial score (nSPS) is 13.1. The summed E-state index contributed by atoms with van der Waals surface area (Å²) in [5.74, 6) is 5.58. The molecule has 5 N–H and O–H groups in total. The Kier molecular flexibility index (Phi) is 7.59. The summed E-state index contributed by atoms with van der Waals surface area (Å²) in [6.45, 7) is 3.68. The molecule has 0 aliphatic heterocycles. The molecular weight excluding hydrogens is 391 g/mol. The van der Waals surface area contributed by atoms with Crippen molar-refractivity contribution in [2.24, 2.45) is 5.84 Å². The first-order valence-electron chi connectivity index (χ1n) is 8.76. The number of ether oxygens (including phenoxy) is 2. The van der Waals surface area contributed by atoms with Crippen LogP contribution >= 0.6 is 0 Å². The van der Waals surface area contributed by atoms with Crippen molar-refractivity contribution in [3.63, 3.8) is 0 Å². The van der Waals surface area contributed by atoms with E-state index in [1.165, 1.54) is 18.2 Å². The van der Waals surface area contributed by atoms with Crippen molar-refractivity contribution < 1.29 is 27.8 Å². The Morgan fingerprint density at radius 2 is 1.83 bits per heavy atom. The van der Waals surface area contributed by atoms with Crippen LogP contribution in [-0.2, 0) is 6.18 Å². The summed E-state index contributed by atoms with van der Waals surface area (Å²) in [6, 6.07) is 8.06. The molecule has 0 aliphatic rings. The number of para-hydroxylation sites is 1. The fourth-order valence-electron chi connectivity index (χ4n) is 2.25. The summed E-state index contributed by atoms with van der Waals surface area (Å²) < 4.78 is 49.6. The zero-order valence-electron chi connectivity index (χ0n) is 16.0. The number of anilines is 1. The number of alkyl halides is 3. The molecule has 1 heterocycles. The first-order valence-corrected chi connectivity index (χ1v) is 8.76. The van der Waals surface area contributed by atoms with E-state index in [-0.39, 0.29) is 25.5 Å². The van der Waals surface area contributed by atoms with Gasteiger partial charge in [-0.2, -0.15) is 13.2 Å². The second-order valence-electron chi connectivity index (χ2n) is 6.91. The van der Waals surface area contributed by atoms with Gasteiger partial charge >= 0.3 is 6.18 Å².